The molecule has 2 rings (SSSR count). The molecule has 1 saturated heterocycles. The van der Waals surface area contributed by atoms with Gasteiger partial charge in [-0.3, -0.25) is 0 Å². The minimum Gasteiger partial charge on any atom is -0.447 e. The highest BCUT2D eigenvalue weighted by atomic mass is 16.6. The fourth-order valence-corrected chi connectivity index (χ4v) is 1.43. The second kappa shape index (κ2) is 3.15. The van der Waals surface area contributed by atoms with E-state index in [1.807, 2.05) is 6.08 Å². The lowest BCUT2D eigenvalue weighted by atomic mass is 10.1. The standard InChI is InChI=1S/C8H11NO3/c10-8-9-6(5-12-8)7-3-1-2-4-11-7/h1-2,6-7H,3-5H2,(H,9,10)/t6-,7+/m0/s1. The first kappa shape index (κ1) is 7.61. The van der Waals surface area contributed by atoms with Crippen LogP contribution in [0.3, 0.4) is 0 Å². The van der Waals surface area contributed by atoms with Gasteiger partial charge in [0.15, 0.2) is 0 Å². The predicted molar refractivity (Wildman–Crippen MR) is 41.8 cm³/mol. The lowest BCUT2D eigenvalue weighted by molar-refractivity contribution is 0.0405. The van der Waals surface area contributed by atoms with E-state index in [0.717, 1.165) is 6.42 Å². The summed E-state index contributed by atoms with van der Waals surface area (Å²) in [5.74, 6) is 0. The molecule has 4 heteroatoms. The summed E-state index contributed by atoms with van der Waals surface area (Å²) < 4.78 is 10.2. The Morgan fingerprint density at radius 3 is 3.00 bits per heavy atom. The van der Waals surface area contributed by atoms with Crippen LogP contribution in [0.5, 0.6) is 0 Å². The van der Waals surface area contributed by atoms with Gasteiger partial charge in [0.2, 0.25) is 0 Å². The Morgan fingerprint density at radius 1 is 1.50 bits per heavy atom. The van der Waals surface area contributed by atoms with Crippen molar-refractivity contribution in [3.63, 3.8) is 0 Å². The van der Waals surface area contributed by atoms with E-state index in [1.165, 1.54) is 0 Å². The molecule has 0 aromatic rings. The molecule has 0 radical (unpaired) electrons. The van der Waals surface area contributed by atoms with Gasteiger partial charge in [-0.25, -0.2) is 4.79 Å². The third kappa shape index (κ3) is 1.43. The van der Waals surface area contributed by atoms with Crippen molar-refractivity contribution in [1.29, 1.82) is 0 Å². The van der Waals surface area contributed by atoms with Crippen LogP contribution in [0.25, 0.3) is 0 Å². The summed E-state index contributed by atoms with van der Waals surface area (Å²) in [4.78, 5) is 10.7. The molecule has 2 atom stereocenters. The van der Waals surface area contributed by atoms with Crippen molar-refractivity contribution in [2.24, 2.45) is 0 Å². The van der Waals surface area contributed by atoms with Crippen LogP contribution in [-0.2, 0) is 9.47 Å². The topological polar surface area (TPSA) is 47.6 Å². The van der Waals surface area contributed by atoms with E-state index in [1.54, 1.807) is 0 Å². The molecule has 0 aromatic heterocycles. The summed E-state index contributed by atoms with van der Waals surface area (Å²) >= 11 is 0. The number of alkyl carbamates (subject to hydrolysis) is 1. The van der Waals surface area contributed by atoms with E-state index >= 15 is 0 Å². The second-order valence-corrected chi connectivity index (χ2v) is 2.93. The fourth-order valence-electron chi connectivity index (χ4n) is 1.43. The van der Waals surface area contributed by atoms with Crippen molar-refractivity contribution in [2.75, 3.05) is 13.2 Å². The number of carbonyl (C=O) groups is 1. The number of nitrogens with one attached hydrogen (secondary N) is 1. The lowest BCUT2D eigenvalue weighted by Gasteiger charge is -2.22. The summed E-state index contributed by atoms with van der Waals surface area (Å²) in [5, 5.41) is 2.70. The van der Waals surface area contributed by atoms with Crippen LogP contribution in [0.1, 0.15) is 6.42 Å². The van der Waals surface area contributed by atoms with E-state index in [9.17, 15) is 4.79 Å². The Balaban J connectivity index is 1.92. The first-order valence-electron chi connectivity index (χ1n) is 4.06. The van der Waals surface area contributed by atoms with Gasteiger partial charge in [0.25, 0.3) is 0 Å². The van der Waals surface area contributed by atoms with Crippen molar-refractivity contribution in [2.45, 2.75) is 18.6 Å². The molecule has 0 saturated carbocycles. The normalized spacial score (nSPS) is 34.5. The highest BCUT2D eigenvalue weighted by Gasteiger charge is 2.30. The first-order valence-corrected chi connectivity index (χ1v) is 4.06. The largest absolute Gasteiger partial charge is 0.447 e. The van der Waals surface area contributed by atoms with Crippen molar-refractivity contribution in [3.05, 3.63) is 12.2 Å². The third-order valence-corrected chi connectivity index (χ3v) is 2.09. The number of carbonyl (C=O) groups excluding carboxylic acids is 1. The molecule has 0 spiro atoms. The zero-order valence-corrected chi connectivity index (χ0v) is 6.66. The SMILES string of the molecule is O=C1N[C@H]([C@H]2CC=CCO2)CO1. The molecular weight excluding hydrogens is 158 g/mol. The maximum absolute atomic E-state index is 10.7. The summed E-state index contributed by atoms with van der Waals surface area (Å²) in [6.07, 6.45) is 4.65. The van der Waals surface area contributed by atoms with Crippen LogP contribution >= 0.6 is 0 Å². The third-order valence-electron chi connectivity index (χ3n) is 2.09. The molecule has 66 valence electrons. The molecule has 0 aliphatic carbocycles. The van der Waals surface area contributed by atoms with Gasteiger partial charge in [-0.15, -0.1) is 0 Å². The van der Waals surface area contributed by atoms with Crippen LogP contribution in [0.15, 0.2) is 12.2 Å². The molecule has 2 aliphatic heterocycles. The minimum atomic E-state index is -0.335. The summed E-state index contributed by atoms with van der Waals surface area (Å²) in [5.41, 5.74) is 0. The molecule has 2 heterocycles. The zero-order valence-electron chi connectivity index (χ0n) is 6.66. The van der Waals surface area contributed by atoms with E-state index in [4.69, 9.17) is 9.47 Å². The van der Waals surface area contributed by atoms with Crippen LogP contribution in [0, 0.1) is 0 Å². The highest BCUT2D eigenvalue weighted by Crippen LogP contribution is 2.13. The average Bonchev–Trinajstić information content (AvgIpc) is 2.54. The smallest absolute Gasteiger partial charge is 0.407 e. The number of cyclic esters (lactones) is 1. The van der Waals surface area contributed by atoms with E-state index in [2.05, 4.69) is 11.4 Å². The van der Waals surface area contributed by atoms with Crippen molar-refractivity contribution >= 4 is 6.09 Å². The number of amides is 1. The van der Waals surface area contributed by atoms with Gasteiger partial charge in [-0.2, -0.15) is 0 Å². The molecule has 1 fully saturated rings. The van der Waals surface area contributed by atoms with Crippen LogP contribution in [-0.4, -0.2) is 31.5 Å². The average molecular weight is 169 g/mol. The van der Waals surface area contributed by atoms with E-state index in [-0.39, 0.29) is 18.2 Å². The molecule has 12 heavy (non-hydrogen) atoms. The molecule has 4 nitrogen and oxygen atoms in total. The van der Waals surface area contributed by atoms with Gasteiger partial charge >= 0.3 is 6.09 Å². The second-order valence-electron chi connectivity index (χ2n) is 2.93. The fraction of sp³-hybridized carbons (Fsp3) is 0.625. The van der Waals surface area contributed by atoms with Gasteiger partial charge in [0, 0.05) is 0 Å². The van der Waals surface area contributed by atoms with Gasteiger partial charge in [-0.05, 0) is 6.42 Å². The number of ether oxygens (including phenoxy) is 2. The van der Waals surface area contributed by atoms with Crippen LogP contribution in [0.4, 0.5) is 4.79 Å². The molecule has 1 amide bonds. The summed E-state index contributed by atoms with van der Waals surface area (Å²) in [6, 6.07) is 0.0300. The predicted octanol–water partition coefficient (Wildman–Crippen LogP) is 0.440. The monoisotopic (exact) mass is 169 g/mol. The Hall–Kier alpha value is -1.03. The van der Waals surface area contributed by atoms with E-state index < -0.39 is 0 Å². The Bertz CT molecular complexity index is 212. The Kier molecular flexibility index (Phi) is 1.99. The molecule has 2 aliphatic rings. The number of hydrogen-bond donors (Lipinski definition) is 1. The number of rotatable bonds is 1. The molecule has 0 aromatic carbocycles. The van der Waals surface area contributed by atoms with Crippen molar-refractivity contribution in [3.8, 4) is 0 Å². The Morgan fingerprint density at radius 2 is 2.42 bits per heavy atom. The van der Waals surface area contributed by atoms with E-state index in [0.29, 0.717) is 13.2 Å². The number of hydrogen-bond acceptors (Lipinski definition) is 3. The van der Waals surface area contributed by atoms with Crippen molar-refractivity contribution < 1.29 is 14.3 Å². The van der Waals surface area contributed by atoms with Crippen LogP contribution in [0.2, 0.25) is 0 Å². The van der Waals surface area contributed by atoms with Gasteiger partial charge < -0.3 is 14.8 Å². The quantitative estimate of drug-likeness (QED) is 0.579. The molecule has 0 bridgehead atoms. The van der Waals surface area contributed by atoms with Gasteiger partial charge in [-0.1, -0.05) is 12.2 Å². The van der Waals surface area contributed by atoms with Gasteiger partial charge in [0.05, 0.1) is 18.8 Å². The lowest BCUT2D eigenvalue weighted by Crippen LogP contribution is -2.40. The van der Waals surface area contributed by atoms with Crippen LogP contribution < -0.4 is 5.32 Å². The minimum absolute atomic E-state index is 0.0300. The molecule has 0 unspecified atom stereocenters. The zero-order chi connectivity index (χ0) is 8.39. The summed E-state index contributed by atoms with van der Waals surface area (Å²) in [6.45, 7) is 1.06. The molecular formula is C8H11NO3. The summed E-state index contributed by atoms with van der Waals surface area (Å²) in [7, 11) is 0. The molecule has 1 N–H and O–H groups in total. The maximum Gasteiger partial charge on any atom is 0.407 e. The van der Waals surface area contributed by atoms with Crippen molar-refractivity contribution in [1.82, 2.24) is 5.32 Å². The highest BCUT2D eigenvalue weighted by molar-refractivity contribution is 5.69. The first-order chi connectivity index (χ1) is 5.86. The Labute approximate surface area is 70.5 Å². The van der Waals surface area contributed by atoms with Gasteiger partial charge in [0.1, 0.15) is 6.61 Å². The maximum atomic E-state index is 10.7.